The average Bonchev–Trinajstić information content (AvgIpc) is 3.39. The Balaban J connectivity index is 1.55. The van der Waals surface area contributed by atoms with Crippen molar-refractivity contribution in [2.24, 2.45) is 0 Å². The second kappa shape index (κ2) is 12.9. The molecule has 0 saturated heterocycles. The van der Waals surface area contributed by atoms with Crippen LogP contribution < -0.4 is 9.92 Å². The summed E-state index contributed by atoms with van der Waals surface area (Å²) in [7, 11) is -2.33. The molecule has 5 aromatic rings. The largest absolute Gasteiger partial charge is 0.489 e. The maximum Gasteiger partial charge on any atom is 0.122 e. The van der Waals surface area contributed by atoms with Crippen LogP contribution in [0.3, 0.4) is 0 Å². The van der Waals surface area contributed by atoms with Crippen molar-refractivity contribution in [3.05, 3.63) is 144 Å². The molecule has 0 saturated carbocycles. The molecule has 0 aromatic heterocycles. The lowest BCUT2D eigenvalue weighted by molar-refractivity contribution is 0.354. The van der Waals surface area contributed by atoms with Crippen molar-refractivity contribution in [3.63, 3.8) is 0 Å². The highest BCUT2D eigenvalue weighted by molar-refractivity contribution is 6.92. The minimum Gasteiger partial charge on any atom is -0.489 e. The number of rotatable bonds is 7. The zero-order valence-corrected chi connectivity index (χ0v) is 33.3. The lowest BCUT2D eigenvalue weighted by Crippen LogP contribution is -2.49. The Kier molecular flexibility index (Phi) is 9.19. The lowest BCUT2D eigenvalue weighted by Gasteiger charge is -2.35. The Morgan fingerprint density at radius 3 is 1.42 bits per heavy atom. The summed E-state index contributed by atoms with van der Waals surface area (Å²) < 4.78 is 6.65. The van der Waals surface area contributed by atoms with Gasteiger partial charge < -0.3 is 4.74 Å². The number of benzene rings is 5. The number of hydrogen-bond donors (Lipinski definition) is 0. The predicted octanol–water partition coefficient (Wildman–Crippen LogP) is 12.7. The molecule has 0 unspecified atom stereocenters. The van der Waals surface area contributed by atoms with Crippen molar-refractivity contribution < 1.29 is 4.74 Å². The summed E-state index contributed by atoms with van der Waals surface area (Å²) in [6.07, 6.45) is 1.87. The van der Waals surface area contributed by atoms with Gasteiger partial charge in [-0.3, -0.25) is 0 Å². The molecular formula is C48H56OSi. The van der Waals surface area contributed by atoms with Gasteiger partial charge in [0, 0.05) is 5.54 Å². The summed E-state index contributed by atoms with van der Waals surface area (Å²) in [4.78, 5) is 0. The Bertz CT molecular complexity index is 1920. The second-order valence-corrected chi connectivity index (χ2v) is 22.5. The smallest absolute Gasteiger partial charge is 0.122 e. The fraction of sp³-hybridized carbons (Fsp3) is 0.333. The van der Waals surface area contributed by atoms with Gasteiger partial charge in [-0.25, -0.2) is 0 Å². The summed E-state index contributed by atoms with van der Waals surface area (Å²) in [5, 5.41) is 1.37. The lowest BCUT2D eigenvalue weighted by atomic mass is 9.86. The molecular weight excluding hydrogens is 621 g/mol. The van der Waals surface area contributed by atoms with E-state index < -0.39 is 8.07 Å². The molecule has 0 atom stereocenters. The van der Waals surface area contributed by atoms with Crippen LogP contribution in [0.25, 0.3) is 33.4 Å². The molecule has 6 rings (SSSR count). The summed E-state index contributed by atoms with van der Waals surface area (Å²) in [5.41, 5.74) is 15.1. The van der Waals surface area contributed by atoms with E-state index in [1.165, 1.54) is 66.4 Å². The molecule has 258 valence electrons. The normalized spacial score (nSPS) is 13.6. The predicted molar refractivity (Wildman–Crippen MR) is 220 cm³/mol. The zero-order chi connectivity index (χ0) is 36.2. The van der Waals surface area contributed by atoms with Gasteiger partial charge in [-0.15, -0.1) is 0 Å². The number of hydrogen-bond acceptors (Lipinski definition) is 1. The Hall–Kier alpha value is -4.14. The van der Waals surface area contributed by atoms with E-state index in [0.717, 1.165) is 5.75 Å². The van der Waals surface area contributed by atoms with Gasteiger partial charge in [0.25, 0.3) is 0 Å². The van der Waals surface area contributed by atoms with Gasteiger partial charge in [0.1, 0.15) is 12.4 Å². The second-order valence-electron chi connectivity index (χ2n) is 17.9. The number of para-hydroxylation sites is 1. The molecule has 2 heteroatoms. The molecule has 0 aliphatic heterocycles. The van der Waals surface area contributed by atoms with Gasteiger partial charge in [0.15, 0.2) is 0 Å². The van der Waals surface area contributed by atoms with E-state index in [0.29, 0.717) is 6.61 Å². The van der Waals surface area contributed by atoms with E-state index in [-0.39, 0.29) is 21.8 Å². The monoisotopic (exact) mass is 676 g/mol. The van der Waals surface area contributed by atoms with E-state index in [1.807, 2.05) is 6.08 Å². The molecule has 0 fully saturated rings. The summed E-state index contributed by atoms with van der Waals surface area (Å²) >= 11 is 0. The van der Waals surface area contributed by atoms with Crippen molar-refractivity contribution in [1.82, 2.24) is 0 Å². The third kappa shape index (κ3) is 6.67. The molecule has 0 spiro atoms. The number of fused-ring (bicyclic) bond motifs is 3. The highest BCUT2D eigenvalue weighted by Gasteiger charge is 2.44. The maximum absolute atomic E-state index is 6.65. The van der Waals surface area contributed by atoms with Crippen LogP contribution >= 0.6 is 0 Å². The van der Waals surface area contributed by atoms with Crippen LogP contribution in [0, 0.1) is 0 Å². The third-order valence-electron chi connectivity index (χ3n) is 10.8. The average molecular weight is 677 g/mol. The van der Waals surface area contributed by atoms with Crippen LogP contribution in [0.1, 0.15) is 95.7 Å². The van der Waals surface area contributed by atoms with E-state index in [1.54, 1.807) is 0 Å². The first-order valence-electron chi connectivity index (χ1n) is 18.3. The molecule has 5 aromatic carbocycles. The van der Waals surface area contributed by atoms with E-state index in [4.69, 9.17) is 4.74 Å². The van der Waals surface area contributed by atoms with Crippen molar-refractivity contribution in [2.75, 3.05) is 6.61 Å². The molecule has 0 amide bonds. The highest BCUT2D eigenvalue weighted by Crippen LogP contribution is 2.52. The Labute approximate surface area is 303 Å². The van der Waals surface area contributed by atoms with Gasteiger partial charge in [-0.05, 0) is 82.6 Å². The third-order valence-corrected chi connectivity index (χ3v) is 14.6. The molecule has 0 radical (unpaired) electrons. The first-order valence-corrected chi connectivity index (χ1v) is 21.4. The summed E-state index contributed by atoms with van der Waals surface area (Å²) in [6, 6.07) is 39.6. The SMILES string of the molecule is C=CCOc1c(C(C)(C)C)cccc1[Si](C)(C)C1c2cc(-c3ccc(C(C)(C)C)cc3)ccc2-c2ccc(-c3ccc(C(C)(C)C)cc3)cc21. The van der Waals surface area contributed by atoms with Gasteiger partial charge in [-0.2, -0.15) is 0 Å². The van der Waals surface area contributed by atoms with Gasteiger partial charge in [0.05, 0.1) is 8.07 Å². The van der Waals surface area contributed by atoms with Crippen molar-refractivity contribution in [3.8, 4) is 39.1 Å². The molecule has 0 N–H and O–H groups in total. The Morgan fingerprint density at radius 2 is 1.02 bits per heavy atom. The van der Waals surface area contributed by atoms with Gasteiger partial charge in [-0.1, -0.05) is 191 Å². The molecule has 0 heterocycles. The highest BCUT2D eigenvalue weighted by atomic mass is 28.3. The van der Waals surface area contributed by atoms with Crippen molar-refractivity contribution >= 4 is 13.3 Å². The van der Waals surface area contributed by atoms with E-state index >= 15 is 0 Å². The van der Waals surface area contributed by atoms with Crippen LogP contribution in [0.4, 0.5) is 0 Å². The molecule has 1 nitrogen and oxygen atoms in total. The van der Waals surface area contributed by atoms with E-state index in [9.17, 15) is 0 Å². The summed E-state index contributed by atoms with van der Waals surface area (Å²) in [6.45, 7) is 30.1. The van der Waals surface area contributed by atoms with Gasteiger partial charge >= 0.3 is 0 Å². The van der Waals surface area contributed by atoms with E-state index in [2.05, 4.69) is 185 Å². The molecule has 50 heavy (non-hydrogen) atoms. The minimum atomic E-state index is -2.33. The van der Waals surface area contributed by atoms with Crippen LogP contribution in [0.15, 0.2) is 116 Å². The quantitative estimate of drug-likeness (QED) is 0.123. The molecule has 1 aliphatic carbocycles. The van der Waals surface area contributed by atoms with Crippen molar-refractivity contribution in [1.29, 1.82) is 0 Å². The molecule has 0 bridgehead atoms. The van der Waals surface area contributed by atoms with Gasteiger partial charge in [0.2, 0.25) is 0 Å². The van der Waals surface area contributed by atoms with Crippen LogP contribution in [0.5, 0.6) is 5.75 Å². The first kappa shape index (κ1) is 35.7. The summed E-state index contributed by atoms with van der Waals surface area (Å²) in [5.74, 6) is 1.05. The minimum absolute atomic E-state index is 0.0543. The topological polar surface area (TPSA) is 9.23 Å². The standard InChI is InChI=1S/C48H56OSi/c1-13-29-49-44-42(48(8,9)10)15-14-16-43(44)50(11,12)45-40-30-34(32-17-23-36(24-18-32)46(2,3)4)21-27-38(40)39-28-22-35(31-41(39)45)33-19-25-37(26-20-33)47(5,6)7/h13-28,30-31,45H,1,29H2,2-12H3. The Morgan fingerprint density at radius 1 is 0.580 bits per heavy atom. The van der Waals surface area contributed by atoms with Crippen LogP contribution in [-0.2, 0) is 16.2 Å². The molecule has 1 aliphatic rings. The fourth-order valence-corrected chi connectivity index (χ4v) is 11.5. The first-order chi connectivity index (χ1) is 23.4. The number of ether oxygens (including phenoxy) is 1. The van der Waals surface area contributed by atoms with Crippen LogP contribution in [-0.4, -0.2) is 14.7 Å². The maximum atomic E-state index is 6.65. The zero-order valence-electron chi connectivity index (χ0n) is 32.3. The van der Waals surface area contributed by atoms with Crippen LogP contribution in [0.2, 0.25) is 13.1 Å². The fourth-order valence-electron chi connectivity index (χ4n) is 7.81. The van der Waals surface area contributed by atoms with Crippen molar-refractivity contribution in [2.45, 2.75) is 97.2 Å².